The Morgan fingerprint density at radius 3 is 2.37 bits per heavy atom. The molecule has 12 nitrogen and oxygen atoms in total. The van der Waals surface area contributed by atoms with Crippen molar-refractivity contribution in [2.75, 3.05) is 26.9 Å². The molecule has 1 aliphatic rings. The molecule has 0 spiro atoms. The van der Waals surface area contributed by atoms with E-state index in [4.69, 9.17) is 29.9 Å². The van der Waals surface area contributed by atoms with Gasteiger partial charge in [0.15, 0.2) is 5.60 Å². The molecule has 1 unspecified atom stereocenters. The largest absolute Gasteiger partial charge is 0.481 e. The van der Waals surface area contributed by atoms with Gasteiger partial charge in [0, 0.05) is 63.2 Å². The Balaban J connectivity index is 0.000000302. The van der Waals surface area contributed by atoms with Crippen molar-refractivity contribution in [2.45, 2.75) is 57.0 Å². The van der Waals surface area contributed by atoms with Gasteiger partial charge in [-0.25, -0.2) is 4.79 Å². The zero-order valence-corrected chi connectivity index (χ0v) is 23.0. The first-order valence-corrected chi connectivity index (χ1v) is 13.3. The zero-order chi connectivity index (χ0) is 29.8. The van der Waals surface area contributed by atoms with Gasteiger partial charge in [-0.15, -0.1) is 0 Å². The molecule has 4 N–H and O–H groups in total. The lowest BCUT2D eigenvalue weighted by Gasteiger charge is -2.24. The second-order valence-electron chi connectivity index (χ2n) is 9.96. The molecular formula is C29H37N3O9. The van der Waals surface area contributed by atoms with Crippen molar-refractivity contribution in [3.8, 4) is 0 Å². The lowest BCUT2D eigenvalue weighted by molar-refractivity contribution is -0.170. The Labute approximate surface area is 237 Å². The van der Waals surface area contributed by atoms with E-state index < -0.39 is 36.4 Å². The number of nitrogens with zero attached hydrogens (tertiary/aromatic N) is 3. The van der Waals surface area contributed by atoms with Gasteiger partial charge in [-0.3, -0.25) is 19.5 Å². The number of carboxylic acids is 3. The monoisotopic (exact) mass is 571 g/mol. The number of carboxylic acid groups (broad SMARTS) is 3. The maximum atomic E-state index is 10.3. The van der Waals surface area contributed by atoms with Crippen molar-refractivity contribution in [2.24, 2.45) is 0 Å². The molecule has 1 aliphatic heterocycles. The maximum Gasteiger partial charge on any atom is 0.336 e. The molecule has 3 heterocycles. The Bertz CT molecular complexity index is 1270. The van der Waals surface area contributed by atoms with Crippen LogP contribution in [0.1, 0.15) is 36.9 Å². The smallest absolute Gasteiger partial charge is 0.336 e. The standard InChI is InChI=1S/C23H29N3O2.C6H8O7/c1-27-14-12-26-16-19(22-9-2-3-10-23(22)26)15-25(18-21-8-6-13-28-21)17-20-7-4-5-11-24-20;7-3(8)1-6(13,5(11)12)2-4(9)10/h2-5,7,9-11,16,21H,6,8,12-15,17-18H2,1H3;13H,1-2H2,(H,7,8)(H,9,10)(H,11,12). The summed E-state index contributed by atoms with van der Waals surface area (Å²) in [6.07, 6.45) is 4.50. The number of aliphatic hydroxyl groups is 1. The summed E-state index contributed by atoms with van der Waals surface area (Å²) in [7, 11) is 1.75. The van der Waals surface area contributed by atoms with Gasteiger partial charge in [-0.1, -0.05) is 24.3 Å². The molecular weight excluding hydrogens is 534 g/mol. The fraction of sp³-hybridized carbons (Fsp3) is 0.448. The highest BCUT2D eigenvalue weighted by Gasteiger charge is 2.40. The van der Waals surface area contributed by atoms with Crippen LogP contribution in [0.3, 0.4) is 0 Å². The summed E-state index contributed by atoms with van der Waals surface area (Å²) >= 11 is 0. The molecule has 4 rings (SSSR count). The van der Waals surface area contributed by atoms with E-state index in [1.54, 1.807) is 7.11 Å². The third-order valence-corrected chi connectivity index (χ3v) is 6.68. The van der Waals surface area contributed by atoms with Gasteiger partial charge in [0.25, 0.3) is 0 Å². The first-order valence-electron chi connectivity index (χ1n) is 13.3. The fourth-order valence-electron chi connectivity index (χ4n) is 4.76. The molecule has 41 heavy (non-hydrogen) atoms. The minimum atomic E-state index is -2.74. The molecule has 3 aromatic rings. The number of rotatable bonds is 14. The van der Waals surface area contributed by atoms with Crippen LogP contribution in [0.2, 0.25) is 0 Å². The molecule has 222 valence electrons. The van der Waals surface area contributed by atoms with Crippen molar-refractivity contribution in [1.29, 1.82) is 0 Å². The first kappa shape index (κ1) is 31.7. The summed E-state index contributed by atoms with van der Waals surface area (Å²) in [5, 5.41) is 35.1. The molecule has 0 radical (unpaired) electrons. The van der Waals surface area contributed by atoms with Crippen LogP contribution in [0.4, 0.5) is 0 Å². The first-order chi connectivity index (χ1) is 19.6. The molecule has 0 saturated carbocycles. The zero-order valence-electron chi connectivity index (χ0n) is 23.0. The molecule has 1 aromatic carbocycles. The second kappa shape index (κ2) is 15.2. The van der Waals surface area contributed by atoms with E-state index in [1.807, 2.05) is 12.3 Å². The van der Waals surface area contributed by atoms with Crippen molar-refractivity contribution in [1.82, 2.24) is 14.5 Å². The normalized spacial score (nSPS) is 15.0. The molecule has 1 saturated heterocycles. The van der Waals surface area contributed by atoms with E-state index in [2.05, 4.69) is 57.0 Å². The van der Waals surface area contributed by atoms with Crippen molar-refractivity contribution >= 4 is 28.8 Å². The van der Waals surface area contributed by atoms with E-state index in [0.717, 1.165) is 44.9 Å². The lowest BCUT2D eigenvalue weighted by atomic mass is 9.96. The van der Waals surface area contributed by atoms with E-state index in [9.17, 15) is 14.4 Å². The minimum absolute atomic E-state index is 0.325. The number of fused-ring (bicyclic) bond motifs is 1. The summed E-state index contributed by atoms with van der Waals surface area (Å²) in [5.41, 5.74) is 0.978. The predicted octanol–water partition coefficient (Wildman–Crippen LogP) is 2.62. The number of carbonyl (C=O) groups is 3. The summed E-state index contributed by atoms with van der Waals surface area (Å²) in [6, 6.07) is 14.8. The van der Waals surface area contributed by atoms with Gasteiger partial charge in [-0.2, -0.15) is 0 Å². The molecule has 2 aromatic heterocycles. The minimum Gasteiger partial charge on any atom is -0.481 e. The highest BCUT2D eigenvalue weighted by Crippen LogP contribution is 2.24. The van der Waals surface area contributed by atoms with Gasteiger partial charge in [0.2, 0.25) is 0 Å². The van der Waals surface area contributed by atoms with Crippen LogP contribution in [0.15, 0.2) is 54.9 Å². The SMILES string of the molecule is COCCn1cc(CN(Cc2ccccn2)CC2CCCO2)c2ccccc21.O=C(O)CC(O)(CC(=O)O)C(=O)O. The number of aliphatic carboxylic acids is 3. The number of benzene rings is 1. The number of hydrogen-bond acceptors (Lipinski definition) is 8. The van der Waals surface area contributed by atoms with Crippen molar-refractivity contribution in [3.63, 3.8) is 0 Å². The van der Waals surface area contributed by atoms with Crippen LogP contribution in [0, 0.1) is 0 Å². The molecule has 1 fully saturated rings. The molecule has 0 aliphatic carbocycles. The van der Waals surface area contributed by atoms with Gasteiger partial charge >= 0.3 is 17.9 Å². The third-order valence-electron chi connectivity index (χ3n) is 6.68. The summed E-state index contributed by atoms with van der Waals surface area (Å²) in [6.45, 7) is 5.12. The number of ether oxygens (including phenoxy) is 2. The summed E-state index contributed by atoms with van der Waals surface area (Å²) in [4.78, 5) is 37.5. The predicted molar refractivity (Wildman–Crippen MR) is 148 cm³/mol. The topological polar surface area (TPSA) is 172 Å². The van der Waals surface area contributed by atoms with E-state index >= 15 is 0 Å². The molecule has 0 amide bonds. The summed E-state index contributed by atoms with van der Waals surface area (Å²) < 4.78 is 13.5. The van der Waals surface area contributed by atoms with Crippen LogP contribution in [0.5, 0.6) is 0 Å². The molecule has 0 bridgehead atoms. The number of hydrogen-bond donors (Lipinski definition) is 4. The highest BCUT2D eigenvalue weighted by atomic mass is 16.5. The van der Waals surface area contributed by atoms with Crippen LogP contribution in [-0.2, 0) is 43.5 Å². The van der Waals surface area contributed by atoms with Crippen LogP contribution in [-0.4, -0.2) is 91.4 Å². The Morgan fingerprint density at radius 1 is 1.07 bits per heavy atom. The Kier molecular flexibility index (Phi) is 11.8. The summed E-state index contributed by atoms with van der Waals surface area (Å²) in [5.74, 6) is -5.02. The quantitative estimate of drug-likeness (QED) is 0.224. The fourth-order valence-corrected chi connectivity index (χ4v) is 4.76. The van der Waals surface area contributed by atoms with Crippen LogP contribution >= 0.6 is 0 Å². The van der Waals surface area contributed by atoms with Crippen LogP contribution in [0.25, 0.3) is 10.9 Å². The van der Waals surface area contributed by atoms with E-state index in [-0.39, 0.29) is 0 Å². The third kappa shape index (κ3) is 9.64. The average molecular weight is 572 g/mol. The lowest BCUT2D eigenvalue weighted by Crippen LogP contribution is -2.42. The van der Waals surface area contributed by atoms with Crippen LogP contribution < -0.4 is 0 Å². The second-order valence-corrected chi connectivity index (χ2v) is 9.96. The van der Waals surface area contributed by atoms with Gasteiger partial charge < -0.3 is 34.5 Å². The number of aromatic nitrogens is 2. The maximum absolute atomic E-state index is 10.3. The Morgan fingerprint density at radius 2 is 1.78 bits per heavy atom. The van der Waals surface area contributed by atoms with E-state index in [1.165, 1.54) is 22.9 Å². The number of methoxy groups -OCH3 is 1. The van der Waals surface area contributed by atoms with Gasteiger partial charge in [0.1, 0.15) is 0 Å². The highest BCUT2D eigenvalue weighted by molar-refractivity contribution is 5.88. The molecule has 12 heteroatoms. The van der Waals surface area contributed by atoms with Gasteiger partial charge in [-0.05, 0) is 36.6 Å². The van der Waals surface area contributed by atoms with E-state index in [0.29, 0.717) is 12.7 Å². The number of para-hydroxylation sites is 1. The van der Waals surface area contributed by atoms with Crippen molar-refractivity contribution in [3.05, 3.63) is 66.1 Å². The van der Waals surface area contributed by atoms with Crippen molar-refractivity contribution < 1.29 is 44.3 Å². The van der Waals surface area contributed by atoms with Gasteiger partial charge in [0.05, 0.1) is 31.2 Å². The Hall–Kier alpha value is -3.84. The molecule has 1 atom stereocenters. The average Bonchev–Trinajstić information content (AvgIpc) is 3.55. The number of pyridine rings is 1.